The number of carbonyl (C=O) groups is 4. The molecule has 278 valence electrons. The Balaban J connectivity index is 1.48. The highest BCUT2D eigenvalue weighted by atomic mass is 35.5. The van der Waals surface area contributed by atoms with Crippen LogP contribution in [0.15, 0.2) is 47.0 Å². The molecule has 4 N–H and O–H groups in total. The second kappa shape index (κ2) is 16.8. The van der Waals surface area contributed by atoms with Crippen LogP contribution in [0.3, 0.4) is 0 Å². The molecular weight excluding hydrogens is 711 g/mol. The van der Waals surface area contributed by atoms with Crippen LogP contribution in [-0.2, 0) is 38.5 Å². The summed E-state index contributed by atoms with van der Waals surface area (Å²) in [7, 11) is 0. The fraction of sp³-hybridized carbons (Fsp3) is 0.459. The van der Waals surface area contributed by atoms with E-state index in [9.17, 15) is 19.2 Å². The smallest absolute Gasteiger partial charge is 0.408 e. The minimum absolute atomic E-state index is 0.0207. The number of ether oxygens (including phenoxy) is 2. The lowest BCUT2D eigenvalue weighted by Crippen LogP contribution is -2.65. The highest BCUT2D eigenvalue weighted by Crippen LogP contribution is 2.39. The van der Waals surface area contributed by atoms with Gasteiger partial charge in [-0.2, -0.15) is 4.98 Å². The fourth-order valence-corrected chi connectivity index (χ4v) is 6.88. The van der Waals surface area contributed by atoms with E-state index in [1.54, 1.807) is 19.1 Å². The summed E-state index contributed by atoms with van der Waals surface area (Å²) in [5.74, 6) is -2.59. The number of rotatable bonds is 14. The lowest BCUT2D eigenvalue weighted by molar-refractivity contribution is -0.136. The molecular formula is C37H44Cl2N6O7. The molecule has 5 atom stereocenters. The molecule has 0 aliphatic heterocycles. The Morgan fingerprint density at radius 1 is 1.00 bits per heavy atom. The van der Waals surface area contributed by atoms with Crippen molar-refractivity contribution in [1.29, 1.82) is 0 Å². The van der Waals surface area contributed by atoms with Gasteiger partial charge in [-0.05, 0) is 60.0 Å². The summed E-state index contributed by atoms with van der Waals surface area (Å²) in [5.41, 5.74) is 1.60. The van der Waals surface area contributed by atoms with Gasteiger partial charge in [0.25, 0.3) is 5.82 Å². The predicted octanol–water partition coefficient (Wildman–Crippen LogP) is 6.62. The summed E-state index contributed by atoms with van der Waals surface area (Å²) in [6.07, 6.45) is 1.06. The van der Waals surface area contributed by atoms with E-state index in [0.717, 1.165) is 22.2 Å². The zero-order valence-electron chi connectivity index (χ0n) is 29.8. The maximum absolute atomic E-state index is 14.8. The molecule has 0 fully saturated rings. The van der Waals surface area contributed by atoms with E-state index >= 15 is 0 Å². The van der Waals surface area contributed by atoms with Crippen molar-refractivity contribution >= 4 is 58.0 Å². The second-order valence-electron chi connectivity index (χ2n) is 13.2. The molecule has 5 rings (SSSR count). The van der Waals surface area contributed by atoms with Gasteiger partial charge in [0.1, 0.15) is 24.2 Å². The minimum atomic E-state index is -1.51. The molecule has 13 nitrogen and oxygen atoms in total. The summed E-state index contributed by atoms with van der Waals surface area (Å²) in [6, 6.07) is 10.8. The van der Waals surface area contributed by atoms with Crippen LogP contribution in [-0.4, -0.2) is 57.2 Å². The average Bonchev–Trinajstić information content (AvgIpc) is 3.77. The van der Waals surface area contributed by atoms with Gasteiger partial charge in [0, 0.05) is 22.5 Å². The minimum Gasteiger partial charge on any atom is -0.460 e. The highest BCUT2D eigenvalue weighted by molar-refractivity contribution is 6.38. The van der Waals surface area contributed by atoms with Crippen LogP contribution in [0.2, 0.25) is 10.0 Å². The number of fused-ring (bicyclic) bond motifs is 3. The van der Waals surface area contributed by atoms with Crippen molar-refractivity contribution in [3.63, 3.8) is 0 Å². The molecule has 52 heavy (non-hydrogen) atoms. The molecule has 0 saturated heterocycles. The first kappa shape index (κ1) is 38.6. The molecule has 4 aromatic rings. The molecule has 0 radical (unpaired) electrons. The lowest BCUT2D eigenvalue weighted by atomic mass is 9.78. The number of hydrogen-bond donors (Lipinski definition) is 4. The molecule has 2 aromatic heterocycles. The Morgan fingerprint density at radius 2 is 1.73 bits per heavy atom. The van der Waals surface area contributed by atoms with E-state index in [0.29, 0.717) is 34.8 Å². The molecule has 0 saturated carbocycles. The van der Waals surface area contributed by atoms with Crippen LogP contribution in [0.5, 0.6) is 0 Å². The first-order chi connectivity index (χ1) is 24.9. The van der Waals surface area contributed by atoms with E-state index < -0.39 is 41.5 Å². The van der Waals surface area contributed by atoms with Crippen LogP contribution >= 0.6 is 23.2 Å². The molecule has 15 heteroatoms. The number of alkyl carbamates (subject to hydrolysis) is 1. The third kappa shape index (κ3) is 8.53. The summed E-state index contributed by atoms with van der Waals surface area (Å²) < 4.78 is 15.9. The van der Waals surface area contributed by atoms with Gasteiger partial charge in [-0.1, -0.05) is 94.1 Å². The van der Waals surface area contributed by atoms with Gasteiger partial charge in [0.2, 0.25) is 17.7 Å². The maximum Gasteiger partial charge on any atom is 0.408 e. The third-order valence-corrected chi connectivity index (χ3v) is 10.3. The number of hydrogen-bond acceptors (Lipinski definition) is 9. The van der Waals surface area contributed by atoms with Crippen LogP contribution in [0.1, 0.15) is 93.3 Å². The van der Waals surface area contributed by atoms with Crippen LogP contribution in [0.25, 0.3) is 10.9 Å². The number of H-pyrrole nitrogens is 1. The van der Waals surface area contributed by atoms with Crippen molar-refractivity contribution in [2.45, 2.75) is 91.0 Å². The predicted molar refractivity (Wildman–Crippen MR) is 195 cm³/mol. The first-order valence-corrected chi connectivity index (χ1v) is 18.2. The SMILES string of the molecule is CCOC(=O)c1noc([C@@H](NC(=O)[C@@]2(NC(=O)[C@@H](NC(=O)OCc3ccccc3)C(C)CC)CCc3[nH]c4c(Cl)cc(Cl)cc4c3C2)C(C)CC)n1. The van der Waals surface area contributed by atoms with E-state index in [1.807, 2.05) is 58.0 Å². The topological polar surface area (TPSA) is 178 Å². The Labute approximate surface area is 311 Å². The number of esters is 1. The molecule has 2 heterocycles. The normalized spacial score (nSPS) is 17.7. The summed E-state index contributed by atoms with van der Waals surface area (Å²) in [5, 5.41) is 14.2. The maximum atomic E-state index is 14.8. The van der Waals surface area contributed by atoms with Crippen LogP contribution in [0, 0.1) is 11.8 Å². The Hall–Kier alpha value is -4.62. The molecule has 1 aliphatic carbocycles. The van der Waals surface area contributed by atoms with Crippen LogP contribution in [0.4, 0.5) is 4.79 Å². The van der Waals surface area contributed by atoms with Gasteiger partial charge in [-0.25, -0.2) is 9.59 Å². The van der Waals surface area contributed by atoms with Crippen molar-refractivity contribution < 1.29 is 33.2 Å². The van der Waals surface area contributed by atoms with Gasteiger partial charge in [-0.3, -0.25) is 9.59 Å². The summed E-state index contributed by atoms with van der Waals surface area (Å²) >= 11 is 13.0. The Bertz CT molecular complexity index is 1910. The zero-order chi connectivity index (χ0) is 37.6. The second-order valence-corrected chi connectivity index (χ2v) is 14.1. The van der Waals surface area contributed by atoms with Gasteiger partial charge >= 0.3 is 12.1 Å². The van der Waals surface area contributed by atoms with E-state index in [2.05, 4.69) is 31.1 Å². The highest BCUT2D eigenvalue weighted by Gasteiger charge is 2.47. The van der Waals surface area contributed by atoms with Gasteiger partial charge in [0.15, 0.2) is 0 Å². The van der Waals surface area contributed by atoms with E-state index in [-0.39, 0.29) is 49.6 Å². The number of carbonyl (C=O) groups excluding carboxylic acids is 4. The lowest BCUT2D eigenvalue weighted by Gasteiger charge is -2.39. The zero-order valence-corrected chi connectivity index (χ0v) is 31.3. The van der Waals surface area contributed by atoms with E-state index in [4.69, 9.17) is 37.2 Å². The number of amides is 3. The summed E-state index contributed by atoms with van der Waals surface area (Å²) in [4.78, 5) is 62.1. The number of benzene rings is 2. The van der Waals surface area contributed by atoms with Gasteiger partial charge in [-0.15, -0.1) is 0 Å². The quantitative estimate of drug-likeness (QED) is 0.103. The molecule has 0 spiro atoms. The van der Waals surface area contributed by atoms with Gasteiger partial charge < -0.3 is 34.9 Å². The number of nitrogens with zero attached hydrogens (tertiary/aromatic N) is 2. The summed E-state index contributed by atoms with van der Waals surface area (Å²) in [6.45, 7) is 9.39. The Kier molecular flexibility index (Phi) is 12.5. The molecule has 1 aliphatic rings. The standard InChI is InChI=1S/C37H44Cl2N6O7/c1-6-20(4)28(42-36(49)51-19-22-12-10-9-11-13-22)32(46)44-37(15-14-27-25(18-37)24-16-23(38)17-26(39)30(24)40-27)35(48)41-29(21(5)7-2)33-43-31(45-52-33)34(47)50-8-3/h9-13,16-17,20-21,28-29,40H,6-8,14-15,18-19H2,1-5H3,(H,41,48)(H,42,49)(H,44,46)/t20?,21?,28-,29-,37+/m0/s1. The number of aryl methyl sites for hydroxylation is 1. The fourth-order valence-electron chi connectivity index (χ4n) is 6.34. The number of aromatic amines is 1. The third-order valence-electron chi connectivity index (χ3n) is 9.74. The van der Waals surface area contributed by atoms with Crippen molar-refractivity contribution in [1.82, 2.24) is 31.1 Å². The molecule has 2 unspecified atom stereocenters. The molecule has 0 bridgehead atoms. The number of nitrogens with one attached hydrogen (secondary N) is 4. The average molecular weight is 756 g/mol. The van der Waals surface area contributed by atoms with E-state index in [1.165, 1.54) is 0 Å². The first-order valence-electron chi connectivity index (χ1n) is 17.5. The Morgan fingerprint density at radius 3 is 2.42 bits per heavy atom. The molecule has 2 aromatic carbocycles. The number of aromatic nitrogens is 3. The largest absolute Gasteiger partial charge is 0.460 e. The van der Waals surface area contributed by atoms with Gasteiger partial charge in [0.05, 0.1) is 17.1 Å². The van der Waals surface area contributed by atoms with Crippen molar-refractivity contribution in [3.05, 3.63) is 81.0 Å². The van der Waals surface area contributed by atoms with Crippen molar-refractivity contribution in [3.8, 4) is 0 Å². The number of halogens is 2. The monoisotopic (exact) mass is 754 g/mol. The molecule has 3 amide bonds. The van der Waals surface area contributed by atoms with Crippen molar-refractivity contribution in [2.75, 3.05) is 6.61 Å². The van der Waals surface area contributed by atoms with Crippen molar-refractivity contribution in [2.24, 2.45) is 11.8 Å². The van der Waals surface area contributed by atoms with Crippen LogP contribution < -0.4 is 16.0 Å².